The predicted molar refractivity (Wildman–Crippen MR) is 94.3 cm³/mol. The Morgan fingerprint density at radius 2 is 2.08 bits per heavy atom. The molecule has 1 unspecified atom stereocenters. The molecule has 8 heteroatoms. The number of carbonyl (C=O) groups is 1. The third-order valence-electron chi connectivity index (χ3n) is 3.60. The molecule has 0 aliphatic carbocycles. The van der Waals surface area contributed by atoms with Crippen LogP contribution in [0.25, 0.3) is 0 Å². The Bertz CT molecular complexity index is 847. The first-order valence-electron chi connectivity index (χ1n) is 7.86. The van der Waals surface area contributed by atoms with Gasteiger partial charge in [-0.05, 0) is 19.1 Å². The molecule has 0 radical (unpaired) electrons. The second kappa shape index (κ2) is 8.91. The predicted octanol–water partition coefficient (Wildman–Crippen LogP) is 1.70. The summed E-state index contributed by atoms with van der Waals surface area (Å²) in [5.74, 6) is -1.66. The molecular weight excluding hydrogens is 341 g/mol. The van der Waals surface area contributed by atoms with E-state index in [4.69, 9.17) is 15.2 Å². The lowest BCUT2D eigenvalue weighted by molar-refractivity contribution is 0.0246. The molecule has 2 N–H and O–H groups in total. The van der Waals surface area contributed by atoms with Crippen LogP contribution < -0.4 is 11.4 Å². The molecule has 0 fully saturated rings. The minimum absolute atomic E-state index is 0.00293. The molecule has 138 valence electrons. The first kappa shape index (κ1) is 19.3. The number of esters is 1. The molecular formula is C18H20FN3O4. The lowest BCUT2D eigenvalue weighted by atomic mass is 10.1. The van der Waals surface area contributed by atoms with Gasteiger partial charge in [-0.15, -0.1) is 0 Å². The summed E-state index contributed by atoms with van der Waals surface area (Å²) in [5.41, 5.74) is 6.06. The highest BCUT2D eigenvalue weighted by atomic mass is 19.1. The summed E-state index contributed by atoms with van der Waals surface area (Å²) in [4.78, 5) is 26.9. The maximum Gasteiger partial charge on any atom is 0.349 e. The highest BCUT2D eigenvalue weighted by Crippen LogP contribution is 2.06. The van der Waals surface area contributed by atoms with Crippen LogP contribution in [0, 0.1) is 12.7 Å². The standard InChI is InChI=1S/C18H20FN3O4/c1-12-5-7-13(8-6-12)17(23)26-11-14(25-2)4-3-9-22-10-15(19)16(20)21-18(22)24/h3-8,10,14H,9,11H2,1-2H3,(H2,20,21,24)/b4-3-. The van der Waals surface area contributed by atoms with E-state index in [1.807, 2.05) is 19.1 Å². The summed E-state index contributed by atoms with van der Waals surface area (Å²) in [7, 11) is 1.46. The Balaban J connectivity index is 1.91. The van der Waals surface area contributed by atoms with Crippen LogP contribution in [0.5, 0.6) is 0 Å². The zero-order valence-electron chi connectivity index (χ0n) is 14.5. The summed E-state index contributed by atoms with van der Waals surface area (Å²) in [6, 6.07) is 7.01. The number of hydrogen-bond acceptors (Lipinski definition) is 6. The number of aryl methyl sites for hydroxylation is 1. The zero-order chi connectivity index (χ0) is 19.1. The topological polar surface area (TPSA) is 96.4 Å². The van der Waals surface area contributed by atoms with Gasteiger partial charge in [0.25, 0.3) is 0 Å². The van der Waals surface area contributed by atoms with Gasteiger partial charge in [0.2, 0.25) is 0 Å². The molecule has 2 aromatic rings. The Morgan fingerprint density at radius 3 is 2.73 bits per heavy atom. The van der Waals surface area contributed by atoms with E-state index in [9.17, 15) is 14.0 Å². The number of carbonyl (C=O) groups excluding carboxylic acids is 1. The third kappa shape index (κ3) is 5.25. The Hall–Kier alpha value is -3.00. The molecule has 0 aliphatic rings. The minimum Gasteiger partial charge on any atom is -0.459 e. The van der Waals surface area contributed by atoms with Crippen LogP contribution in [0.3, 0.4) is 0 Å². The molecule has 1 heterocycles. The number of rotatable bonds is 7. The van der Waals surface area contributed by atoms with Crippen molar-refractivity contribution >= 4 is 11.8 Å². The number of benzene rings is 1. The summed E-state index contributed by atoms with van der Waals surface area (Å²) >= 11 is 0. The average Bonchev–Trinajstić information content (AvgIpc) is 2.62. The van der Waals surface area contributed by atoms with Gasteiger partial charge in [-0.25, -0.2) is 14.0 Å². The summed E-state index contributed by atoms with van der Waals surface area (Å²) in [6.07, 6.45) is 3.68. The van der Waals surface area contributed by atoms with Gasteiger partial charge < -0.3 is 15.2 Å². The van der Waals surface area contributed by atoms with Crippen LogP contribution in [0.2, 0.25) is 0 Å². The molecule has 1 aromatic heterocycles. The molecule has 26 heavy (non-hydrogen) atoms. The summed E-state index contributed by atoms with van der Waals surface area (Å²) < 4.78 is 24.8. The molecule has 0 amide bonds. The number of ether oxygens (including phenoxy) is 2. The van der Waals surface area contributed by atoms with Gasteiger partial charge in [0.15, 0.2) is 11.6 Å². The largest absolute Gasteiger partial charge is 0.459 e. The number of halogens is 1. The number of allylic oxidation sites excluding steroid dienone is 1. The van der Waals surface area contributed by atoms with E-state index in [-0.39, 0.29) is 13.2 Å². The highest BCUT2D eigenvalue weighted by molar-refractivity contribution is 5.89. The maximum atomic E-state index is 13.4. The summed E-state index contributed by atoms with van der Waals surface area (Å²) in [5, 5.41) is 0. The Labute approximate surface area is 149 Å². The molecule has 0 aliphatic heterocycles. The minimum atomic E-state index is -0.770. The second-order valence-corrected chi connectivity index (χ2v) is 5.58. The number of nitrogen functional groups attached to an aromatic ring is 1. The Kier molecular flexibility index (Phi) is 6.62. The van der Waals surface area contributed by atoms with E-state index in [0.29, 0.717) is 5.56 Å². The normalized spacial score (nSPS) is 12.3. The molecule has 1 aromatic carbocycles. The molecule has 0 saturated carbocycles. The van der Waals surface area contributed by atoms with Gasteiger partial charge in [-0.1, -0.05) is 29.8 Å². The van der Waals surface area contributed by atoms with Crippen molar-refractivity contribution in [1.82, 2.24) is 9.55 Å². The molecule has 0 bridgehead atoms. The van der Waals surface area contributed by atoms with Crippen LogP contribution in [0.4, 0.5) is 10.2 Å². The molecule has 0 saturated heterocycles. The maximum absolute atomic E-state index is 13.4. The number of anilines is 1. The number of hydrogen-bond donors (Lipinski definition) is 1. The number of methoxy groups -OCH3 is 1. The van der Waals surface area contributed by atoms with E-state index >= 15 is 0 Å². The zero-order valence-corrected chi connectivity index (χ0v) is 14.5. The van der Waals surface area contributed by atoms with Crippen molar-refractivity contribution in [2.75, 3.05) is 19.5 Å². The van der Waals surface area contributed by atoms with Crippen molar-refractivity contribution < 1.29 is 18.7 Å². The van der Waals surface area contributed by atoms with E-state index in [2.05, 4.69) is 4.98 Å². The quantitative estimate of drug-likeness (QED) is 0.596. The van der Waals surface area contributed by atoms with Crippen LogP contribution in [0.1, 0.15) is 15.9 Å². The van der Waals surface area contributed by atoms with Crippen molar-refractivity contribution in [3.05, 3.63) is 70.0 Å². The Morgan fingerprint density at radius 1 is 1.38 bits per heavy atom. The van der Waals surface area contributed by atoms with Crippen molar-refractivity contribution in [2.45, 2.75) is 19.6 Å². The lowest BCUT2D eigenvalue weighted by Gasteiger charge is -2.12. The molecule has 1 atom stereocenters. The number of aromatic nitrogens is 2. The number of nitrogens with two attached hydrogens (primary N) is 1. The first-order chi connectivity index (χ1) is 12.4. The fourth-order valence-corrected chi connectivity index (χ4v) is 2.07. The molecule has 7 nitrogen and oxygen atoms in total. The average molecular weight is 361 g/mol. The summed E-state index contributed by atoms with van der Waals surface area (Å²) in [6.45, 7) is 2.01. The van der Waals surface area contributed by atoms with Crippen molar-refractivity contribution in [2.24, 2.45) is 0 Å². The van der Waals surface area contributed by atoms with E-state index in [0.717, 1.165) is 16.3 Å². The molecule has 2 rings (SSSR count). The van der Waals surface area contributed by atoms with Gasteiger partial charge >= 0.3 is 11.7 Å². The van der Waals surface area contributed by atoms with Gasteiger partial charge in [0.05, 0.1) is 5.56 Å². The van der Waals surface area contributed by atoms with E-state index < -0.39 is 29.4 Å². The van der Waals surface area contributed by atoms with E-state index in [1.54, 1.807) is 24.3 Å². The first-order valence-corrected chi connectivity index (χ1v) is 7.86. The fourth-order valence-electron chi connectivity index (χ4n) is 2.07. The van der Waals surface area contributed by atoms with Crippen LogP contribution in [0.15, 0.2) is 47.4 Å². The third-order valence-corrected chi connectivity index (χ3v) is 3.60. The SMILES string of the molecule is COC(/C=C\Cn1cc(F)c(N)nc1=O)COC(=O)c1ccc(C)cc1. The van der Waals surface area contributed by atoms with Gasteiger partial charge in [0.1, 0.15) is 12.7 Å². The van der Waals surface area contributed by atoms with Crippen LogP contribution in [-0.2, 0) is 16.0 Å². The van der Waals surface area contributed by atoms with Crippen molar-refractivity contribution in [1.29, 1.82) is 0 Å². The fraction of sp³-hybridized carbons (Fsp3) is 0.278. The van der Waals surface area contributed by atoms with E-state index in [1.165, 1.54) is 7.11 Å². The molecule has 0 spiro atoms. The highest BCUT2D eigenvalue weighted by Gasteiger charge is 2.10. The smallest absolute Gasteiger partial charge is 0.349 e. The van der Waals surface area contributed by atoms with Crippen molar-refractivity contribution in [3.8, 4) is 0 Å². The van der Waals surface area contributed by atoms with Crippen molar-refractivity contribution in [3.63, 3.8) is 0 Å². The van der Waals surface area contributed by atoms with Crippen LogP contribution >= 0.6 is 0 Å². The van der Waals surface area contributed by atoms with Gasteiger partial charge in [-0.3, -0.25) is 4.57 Å². The lowest BCUT2D eigenvalue weighted by Crippen LogP contribution is -2.24. The second-order valence-electron chi connectivity index (χ2n) is 5.58. The number of nitrogens with zero attached hydrogens (tertiary/aromatic N) is 2. The van der Waals surface area contributed by atoms with Crippen LogP contribution in [-0.4, -0.2) is 35.3 Å². The monoisotopic (exact) mass is 361 g/mol. The van der Waals surface area contributed by atoms with Gasteiger partial charge in [-0.2, -0.15) is 4.98 Å². The van der Waals surface area contributed by atoms with Gasteiger partial charge in [0, 0.05) is 19.9 Å².